The minimum absolute atomic E-state index is 0. The van der Waals surface area contributed by atoms with Gasteiger partial charge in [0, 0.05) is 34.1 Å². The SMILES string of the molecule is CC(C)[NH2+]c1ccc2c(c1)Sc1cc([NH2+]C(C)C)ccc1N2.[Cl-].[Cl-]. The van der Waals surface area contributed by atoms with Crippen LogP contribution in [0, 0.1) is 0 Å². The highest BCUT2D eigenvalue weighted by atomic mass is 35.5. The van der Waals surface area contributed by atoms with Crippen molar-refractivity contribution in [1.82, 2.24) is 0 Å². The third-order valence-corrected chi connectivity index (χ3v) is 4.67. The van der Waals surface area contributed by atoms with Crippen LogP contribution in [0.4, 0.5) is 22.7 Å². The van der Waals surface area contributed by atoms with Gasteiger partial charge in [0.05, 0.1) is 23.5 Å². The van der Waals surface area contributed by atoms with Crippen molar-refractivity contribution >= 4 is 34.5 Å². The highest BCUT2D eigenvalue weighted by Crippen LogP contribution is 2.45. The summed E-state index contributed by atoms with van der Waals surface area (Å²) in [4.78, 5) is 2.62. The molecule has 6 heteroatoms. The van der Waals surface area contributed by atoms with Crippen molar-refractivity contribution in [3.05, 3.63) is 36.4 Å². The zero-order valence-corrected chi connectivity index (χ0v) is 16.8. The molecule has 0 aromatic heterocycles. The van der Waals surface area contributed by atoms with E-state index in [1.165, 1.54) is 32.5 Å². The summed E-state index contributed by atoms with van der Waals surface area (Å²) in [6.45, 7) is 8.87. The molecule has 5 N–H and O–H groups in total. The zero-order chi connectivity index (χ0) is 15.7. The molecule has 132 valence electrons. The number of anilines is 2. The van der Waals surface area contributed by atoms with E-state index in [-0.39, 0.29) is 24.8 Å². The van der Waals surface area contributed by atoms with Crippen molar-refractivity contribution in [3.8, 4) is 0 Å². The summed E-state index contributed by atoms with van der Waals surface area (Å²) >= 11 is 1.86. The Morgan fingerprint density at radius 1 is 0.750 bits per heavy atom. The molecule has 1 aliphatic heterocycles. The molecule has 0 saturated heterocycles. The quantitative estimate of drug-likeness (QED) is 0.422. The minimum Gasteiger partial charge on any atom is -1.00 e. The van der Waals surface area contributed by atoms with Gasteiger partial charge in [-0.25, -0.2) is 0 Å². The first-order valence-corrected chi connectivity index (χ1v) is 8.75. The maximum absolute atomic E-state index is 3.55. The Labute approximate surface area is 161 Å². The van der Waals surface area contributed by atoms with Gasteiger partial charge in [0.2, 0.25) is 0 Å². The molecule has 3 nitrogen and oxygen atoms in total. The summed E-state index contributed by atoms with van der Waals surface area (Å²) in [7, 11) is 0. The second kappa shape index (κ2) is 8.97. The standard InChI is InChI=1S/C18H23N3S.2ClH/c1-11(2)19-13-5-7-15-17(9-13)22-18-10-14(20-12(3)4)6-8-16(18)21-15;;/h5-12,19-21H,1-4H3;2*1H. The molecule has 0 aliphatic carbocycles. The van der Waals surface area contributed by atoms with Crippen molar-refractivity contribution < 1.29 is 35.4 Å². The Morgan fingerprint density at radius 3 is 1.54 bits per heavy atom. The minimum atomic E-state index is 0. The van der Waals surface area contributed by atoms with Crippen molar-refractivity contribution in [3.63, 3.8) is 0 Å². The van der Waals surface area contributed by atoms with Crippen LogP contribution in [0.15, 0.2) is 46.2 Å². The predicted octanol–water partition coefficient (Wildman–Crippen LogP) is -2.89. The lowest BCUT2D eigenvalue weighted by molar-refractivity contribution is -0.603. The molecular weight excluding hydrogens is 361 g/mol. The first-order valence-electron chi connectivity index (χ1n) is 7.94. The number of benzene rings is 2. The highest BCUT2D eigenvalue weighted by molar-refractivity contribution is 7.99. The fourth-order valence-electron chi connectivity index (χ4n) is 2.69. The molecule has 0 radical (unpaired) electrons. The van der Waals surface area contributed by atoms with Gasteiger partial charge in [-0.1, -0.05) is 11.8 Å². The van der Waals surface area contributed by atoms with Crippen molar-refractivity contribution in [2.45, 2.75) is 49.6 Å². The average Bonchev–Trinajstić information content (AvgIpc) is 2.43. The summed E-state index contributed by atoms with van der Waals surface area (Å²) < 4.78 is 0. The summed E-state index contributed by atoms with van der Waals surface area (Å²) in [5.74, 6) is 0. The molecule has 0 atom stereocenters. The third kappa shape index (κ3) is 5.04. The number of halogens is 2. The Balaban J connectivity index is 0.00000144. The molecule has 0 amide bonds. The van der Waals surface area contributed by atoms with Gasteiger partial charge in [0.25, 0.3) is 0 Å². The van der Waals surface area contributed by atoms with E-state index in [4.69, 9.17) is 0 Å². The second-order valence-electron chi connectivity index (χ2n) is 6.56. The fourth-order valence-corrected chi connectivity index (χ4v) is 3.78. The Morgan fingerprint density at radius 2 is 1.17 bits per heavy atom. The van der Waals surface area contributed by atoms with E-state index in [1.54, 1.807) is 0 Å². The van der Waals surface area contributed by atoms with Crippen LogP contribution in [-0.2, 0) is 0 Å². The van der Waals surface area contributed by atoms with Gasteiger partial charge in [0.15, 0.2) is 0 Å². The van der Waals surface area contributed by atoms with E-state index in [0.717, 1.165) is 0 Å². The van der Waals surface area contributed by atoms with Crippen LogP contribution in [0.5, 0.6) is 0 Å². The van der Waals surface area contributed by atoms with Gasteiger partial charge in [-0.05, 0) is 39.8 Å². The van der Waals surface area contributed by atoms with Crippen molar-refractivity contribution in [2.75, 3.05) is 5.32 Å². The normalized spacial score (nSPS) is 11.9. The smallest absolute Gasteiger partial charge is 0.131 e. The molecule has 0 fully saturated rings. The average molecular weight is 386 g/mol. The summed E-state index contributed by atoms with van der Waals surface area (Å²) in [5, 5.41) is 8.16. The predicted molar refractivity (Wildman–Crippen MR) is 93.7 cm³/mol. The highest BCUT2D eigenvalue weighted by Gasteiger charge is 2.18. The van der Waals surface area contributed by atoms with E-state index in [2.05, 4.69) is 80.0 Å². The molecular formula is C18H25Cl2N3S. The number of nitrogens with one attached hydrogen (secondary N) is 1. The van der Waals surface area contributed by atoms with Gasteiger partial charge >= 0.3 is 0 Å². The monoisotopic (exact) mass is 385 g/mol. The first-order chi connectivity index (χ1) is 10.5. The Hall–Kier alpha value is -0.910. The number of nitrogens with two attached hydrogens (primary N) is 2. The number of quaternary nitrogens is 2. The fraction of sp³-hybridized carbons (Fsp3) is 0.333. The first kappa shape index (κ1) is 21.1. The largest absolute Gasteiger partial charge is 1.00 e. The van der Waals surface area contributed by atoms with Crippen LogP contribution < -0.4 is 40.8 Å². The van der Waals surface area contributed by atoms with Crippen LogP contribution in [0.25, 0.3) is 0 Å². The second-order valence-corrected chi connectivity index (χ2v) is 7.64. The van der Waals surface area contributed by atoms with Crippen molar-refractivity contribution in [2.24, 2.45) is 0 Å². The molecule has 0 spiro atoms. The lowest BCUT2D eigenvalue weighted by Crippen LogP contribution is -3.00. The molecule has 1 heterocycles. The van der Waals surface area contributed by atoms with Crippen LogP contribution in [0.2, 0.25) is 0 Å². The summed E-state index contributed by atoms with van der Waals surface area (Å²) in [6.07, 6.45) is 0. The number of hydrogen-bond donors (Lipinski definition) is 3. The molecule has 2 aromatic rings. The van der Waals surface area contributed by atoms with Gasteiger partial charge < -0.3 is 40.8 Å². The summed E-state index contributed by atoms with van der Waals surface area (Å²) in [5.41, 5.74) is 5.02. The molecule has 24 heavy (non-hydrogen) atoms. The lowest BCUT2D eigenvalue weighted by atomic mass is 10.2. The Bertz CT molecular complexity index is 632. The van der Waals surface area contributed by atoms with Crippen LogP contribution in [-0.4, -0.2) is 12.1 Å². The maximum Gasteiger partial charge on any atom is 0.131 e. The van der Waals surface area contributed by atoms with E-state index >= 15 is 0 Å². The topological polar surface area (TPSA) is 45.2 Å². The zero-order valence-electron chi connectivity index (χ0n) is 14.4. The van der Waals surface area contributed by atoms with Crippen molar-refractivity contribution in [1.29, 1.82) is 0 Å². The van der Waals surface area contributed by atoms with Gasteiger partial charge in [0.1, 0.15) is 11.4 Å². The molecule has 2 aromatic carbocycles. The van der Waals surface area contributed by atoms with E-state index in [0.29, 0.717) is 12.1 Å². The van der Waals surface area contributed by atoms with Crippen LogP contribution in [0.3, 0.4) is 0 Å². The molecule has 0 saturated carbocycles. The molecule has 1 aliphatic rings. The van der Waals surface area contributed by atoms with Gasteiger partial charge in [-0.3, -0.25) is 0 Å². The van der Waals surface area contributed by atoms with E-state index < -0.39 is 0 Å². The summed E-state index contributed by atoms with van der Waals surface area (Å²) in [6, 6.07) is 14.5. The molecule has 0 bridgehead atoms. The van der Waals surface area contributed by atoms with E-state index in [1.807, 2.05) is 11.8 Å². The van der Waals surface area contributed by atoms with Gasteiger partial charge in [-0.2, -0.15) is 0 Å². The molecule has 0 unspecified atom stereocenters. The third-order valence-electron chi connectivity index (χ3n) is 3.55. The number of rotatable bonds is 4. The number of fused-ring (bicyclic) bond motifs is 2. The van der Waals surface area contributed by atoms with Gasteiger partial charge in [-0.15, -0.1) is 0 Å². The lowest BCUT2D eigenvalue weighted by Gasteiger charge is -2.21. The van der Waals surface area contributed by atoms with Crippen LogP contribution >= 0.6 is 11.8 Å². The van der Waals surface area contributed by atoms with Crippen LogP contribution in [0.1, 0.15) is 27.7 Å². The number of hydrogen-bond acceptors (Lipinski definition) is 2. The molecule has 3 rings (SSSR count). The Kier molecular flexibility index (Phi) is 7.90. The van der Waals surface area contributed by atoms with E-state index in [9.17, 15) is 0 Å². The maximum atomic E-state index is 3.55.